The minimum absolute atomic E-state index is 0.000760. The number of amidine groups is 1. The number of hydrogen-bond donors (Lipinski definition) is 3. The standard InChI is InChI=1S/C41H50ClN3O8.C23H20FN5O3.CHClF2/c1-4-6-7-8-9-10-11-12-13-17-26-53-40(49)31-22-25-33(42)34(27-31)43-37(47)35(36(46)30-20-23-32(51-3)24-21-30)45-38(48)39(52-5-2)44(41(45)50)28-29-18-15-14-16-19-29;1-15-6-8-16(9-7-15)25-22-21(27-26-17-10-12-18(30)13-11-17)23(31)29(28-22)19-4-2-3-5-20(19)32-14-24;2-1(3)4/h14-16,18-25,27,35,39H,4-13,17,26,28H2,1-3H3,(H,43,47);2-13,21,30H,14H2,1H3,(H,25,28);1H. The van der Waals surface area contributed by atoms with Crippen molar-refractivity contribution >= 4 is 87.3 Å². The first-order chi connectivity index (χ1) is 43.0. The summed E-state index contributed by atoms with van der Waals surface area (Å²) >= 11 is 10.4. The lowest BCUT2D eigenvalue weighted by Crippen LogP contribution is -2.52. The SMILES string of the molecule is CCCCCCCCCCCCOC(=O)c1ccc(Cl)c(NC(=O)C(C(=O)c2ccc(OC)cc2)N2C(=O)C(OCC)N(Cc3ccccc3)C2=O)c1.Cc1ccc(N=C2NN(c3ccccc3OCF)C(=O)C2N=Nc2ccc(O)cc2)cc1.FC(F)Cl. The minimum Gasteiger partial charge on any atom is -0.508 e. The molecule has 3 N–H and O–H groups in total. The number of carbonyl (C=O) groups excluding carboxylic acids is 6. The Morgan fingerprint density at radius 3 is 1.99 bits per heavy atom. The molecule has 0 aromatic heterocycles. The van der Waals surface area contributed by atoms with Gasteiger partial charge in [0.15, 0.2) is 17.7 Å². The van der Waals surface area contributed by atoms with Crippen LogP contribution in [0.4, 0.5) is 40.7 Å². The highest BCUT2D eigenvalue weighted by atomic mass is 35.5. The number of nitrogens with one attached hydrogen (secondary N) is 2. The van der Waals surface area contributed by atoms with Gasteiger partial charge in [-0.3, -0.25) is 29.5 Å². The molecule has 0 radical (unpaired) electrons. The number of carbonyl (C=O) groups is 6. The number of nitrogens with zero attached hydrogens (tertiary/aromatic N) is 6. The van der Waals surface area contributed by atoms with Gasteiger partial charge >= 0.3 is 17.9 Å². The maximum Gasteiger partial charge on any atom is 0.338 e. The number of aromatic hydroxyl groups is 1. The van der Waals surface area contributed by atoms with Gasteiger partial charge in [0.05, 0.1) is 47.9 Å². The summed E-state index contributed by atoms with van der Waals surface area (Å²) in [6, 6.07) is 35.4. The molecule has 24 heteroatoms. The van der Waals surface area contributed by atoms with Gasteiger partial charge in [-0.25, -0.2) is 28.9 Å². The van der Waals surface area contributed by atoms with Crippen LogP contribution >= 0.6 is 23.2 Å². The number of amides is 5. The summed E-state index contributed by atoms with van der Waals surface area (Å²) in [6.07, 6.45) is 10.1. The zero-order valence-electron chi connectivity index (χ0n) is 49.7. The van der Waals surface area contributed by atoms with Gasteiger partial charge in [0.25, 0.3) is 17.7 Å². The quantitative estimate of drug-likeness (QED) is 0.00792. The highest BCUT2D eigenvalue weighted by molar-refractivity contribution is 6.34. The molecule has 0 aliphatic carbocycles. The molecule has 0 bridgehead atoms. The smallest absolute Gasteiger partial charge is 0.338 e. The van der Waals surface area contributed by atoms with Crippen LogP contribution in [0.15, 0.2) is 161 Å². The summed E-state index contributed by atoms with van der Waals surface area (Å²) in [5, 5.41) is 21.6. The van der Waals surface area contributed by atoms with Crippen LogP contribution in [0.25, 0.3) is 0 Å². The van der Waals surface area contributed by atoms with E-state index in [4.69, 9.17) is 30.5 Å². The molecule has 2 fully saturated rings. The number of unbranched alkanes of at least 4 members (excludes halogenated alkanes) is 9. The summed E-state index contributed by atoms with van der Waals surface area (Å²) in [6.45, 7) is 5.14. The van der Waals surface area contributed by atoms with Crippen molar-refractivity contribution in [3.05, 3.63) is 173 Å². The number of urea groups is 1. The van der Waals surface area contributed by atoms with Crippen LogP contribution in [0.5, 0.6) is 17.2 Å². The molecule has 8 rings (SSSR count). The van der Waals surface area contributed by atoms with Gasteiger partial charge < -0.3 is 29.4 Å². The van der Waals surface area contributed by atoms with Crippen molar-refractivity contribution in [1.29, 1.82) is 0 Å². The number of methoxy groups -OCH3 is 1. The number of hydrazine groups is 1. The maximum atomic E-state index is 14.1. The van der Waals surface area contributed by atoms with E-state index in [1.54, 1.807) is 67.6 Å². The lowest BCUT2D eigenvalue weighted by Gasteiger charge is -2.25. The number of anilines is 2. The second-order valence-corrected chi connectivity index (χ2v) is 20.9. The Hall–Kier alpha value is -8.86. The van der Waals surface area contributed by atoms with Crippen molar-refractivity contribution in [2.24, 2.45) is 15.2 Å². The number of alkyl halides is 4. The average molecular weight is 1270 g/mol. The minimum atomic E-state index is -2.69. The van der Waals surface area contributed by atoms with Gasteiger partial charge in [-0.15, -0.1) is 0 Å². The second-order valence-electron chi connectivity index (χ2n) is 20.1. The van der Waals surface area contributed by atoms with E-state index in [2.05, 4.69) is 44.5 Å². The van der Waals surface area contributed by atoms with Crippen molar-refractivity contribution in [3.8, 4) is 17.2 Å². The topological polar surface area (TPSA) is 230 Å². The van der Waals surface area contributed by atoms with Crippen molar-refractivity contribution in [2.75, 3.05) is 37.5 Å². The van der Waals surface area contributed by atoms with Crippen LogP contribution in [-0.2, 0) is 30.4 Å². The number of esters is 1. The monoisotopic (exact) mass is 1270 g/mol. The Labute approximate surface area is 524 Å². The summed E-state index contributed by atoms with van der Waals surface area (Å²) < 4.78 is 54.4. The van der Waals surface area contributed by atoms with E-state index in [1.165, 1.54) is 110 Å². The molecule has 3 atom stereocenters. The summed E-state index contributed by atoms with van der Waals surface area (Å²) in [4.78, 5) is 88.7. The van der Waals surface area contributed by atoms with E-state index >= 15 is 0 Å². The number of para-hydroxylation sites is 2. The number of aryl methyl sites for hydroxylation is 1. The number of rotatable bonds is 28. The molecule has 6 aromatic rings. The van der Waals surface area contributed by atoms with Crippen molar-refractivity contribution in [2.45, 2.75) is 116 Å². The number of aliphatic imine (C=N–C) groups is 1. The molecule has 0 spiro atoms. The van der Waals surface area contributed by atoms with Crippen LogP contribution in [-0.4, -0.2) is 108 Å². The van der Waals surface area contributed by atoms with Gasteiger partial charge in [-0.2, -0.15) is 19.0 Å². The molecule has 2 aliphatic rings. The fourth-order valence-corrected chi connectivity index (χ4v) is 9.36. The van der Waals surface area contributed by atoms with E-state index in [0.717, 1.165) is 31.2 Å². The molecule has 89 heavy (non-hydrogen) atoms. The largest absolute Gasteiger partial charge is 0.508 e. The molecule has 3 unspecified atom stereocenters. The zero-order valence-corrected chi connectivity index (χ0v) is 51.2. The highest BCUT2D eigenvalue weighted by Gasteiger charge is 2.53. The number of phenols is 1. The predicted molar refractivity (Wildman–Crippen MR) is 333 cm³/mol. The molecule has 472 valence electrons. The van der Waals surface area contributed by atoms with E-state index < -0.39 is 66.6 Å². The van der Waals surface area contributed by atoms with E-state index in [1.807, 2.05) is 37.3 Å². The number of azo groups is 1. The van der Waals surface area contributed by atoms with Crippen LogP contribution in [0.2, 0.25) is 5.02 Å². The lowest BCUT2D eigenvalue weighted by molar-refractivity contribution is -0.144. The first-order valence-electron chi connectivity index (χ1n) is 28.9. The molecule has 2 saturated heterocycles. The molecular weight excluding hydrogens is 1200 g/mol. The Balaban J connectivity index is 0.000000296. The highest BCUT2D eigenvalue weighted by Crippen LogP contribution is 2.33. The fourth-order valence-electron chi connectivity index (χ4n) is 9.19. The van der Waals surface area contributed by atoms with Crippen LogP contribution in [0.1, 0.15) is 110 Å². The Bertz CT molecular complexity index is 3350. The third-order valence-electron chi connectivity index (χ3n) is 13.7. The number of ketones is 1. The van der Waals surface area contributed by atoms with Gasteiger partial charge in [-0.05, 0) is 117 Å². The lowest BCUT2D eigenvalue weighted by atomic mass is 10.0. The fraction of sp³-hybridized carbons (Fsp3) is 0.338. The van der Waals surface area contributed by atoms with Gasteiger partial charge in [0, 0.05) is 12.2 Å². The first kappa shape index (κ1) is 69.2. The van der Waals surface area contributed by atoms with Gasteiger partial charge in [0.2, 0.25) is 19.1 Å². The summed E-state index contributed by atoms with van der Waals surface area (Å²) in [7, 11) is 1.47. The molecular formula is C65H71Cl2F3N8O11. The summed E-state index contributed by atoms with van der Waals surface area (Å²) in [5.74, 6) is -5.43. The van der Waals surface area contributed by atoms with Crippen LogP contribution in [0, 0.1) is 6.92 Å². The van der Waals surface area contributed by atoms with Crippen LogP contribution < -0.4 is 25.2 Å². The molecule has 0 saturated carbocycles. The number of phenolic OH excluding ortho intramolecular Hbond substituents is 1. The molecule has 5 amide bonds. The Morgan fingerprint density at radius 2 is 1.36 bits per heavy atom. The first-order valence-corrected chi connectivity index (χ1v) is 29.7. The third-order valence-corrected chi connectivity index (χ3v) is 14.0. The molecule has 19 nitrogen and oxygen atoms in total. The van der Waals surface area contributed by atoms with E-state index in [9.17, 15) is 47.0 Å². The number of Topliss-reactive ketones (excluding diaryl/α,β-unsaturated/α-hetero) is 1. The maximum absolute atomic E-state index is 14.1. The zero-order chi connectivity index (χ0) is 64.2. The van der Waals surface area contributed by atoms with Crippen molar-refractivity contribution < 1.29 is 66.0 Å². The third kappa shape index (κ3) is 20.6. The number of ether oxygens (including phenoxy) is 4. The average Bonchev–Trinajstić information content (AvgIpc) is 1.74. The molecule has 2 aliphatic heterocycles. The van der Waals surface area contributed by atoms with E-state index in [0.29, 0.717) is 33.3 Å². The van der Waals surface area contributed by atoms with Crippen molar-refractivity contribution in [3.63, 3.8) is 0 Å². The normalized spacial score (nSPS) is 15.3. The number of hydrogen-bond acceptors (Lipinski definition) is 14. The van der Waals surface area contributed by atoms with E-state index in [-0.39, 0.29) is 58.9 Å². The van der Waals surface area contributed by atoms with Crippen molar-refractivity contribution in [1.82, 2.24) is 15.2 Å². The molecule has 6 aromatic carbocycles. The predicted octanol–water partition coefficient (Wildman–Crippen LogP) is 14.6. The van der Waals surface area contributed by atoms with Gasteiger partial charge in [0.1, 0.15) is 22.9 Å². The number of imide groups is 1. The second kappa shape index (κ2) is 35.8. The molecule has 2 heterocycles. The summed E-state index contributed by atoms with van der Waals surface area (Å²) in [5.41, 5.74) is 6.35. The Kier molecular flexibility index (Phi) is 27.9. The van der Waals surface area contributed by atoms with Gasteiger partial charge in [-0.1, -0.05) is 148 Å². The number of halogens is 5. The Morgan fingerprint density at radius 1 is 0.753 bits per heavy atom. The van der Waals surface area contributed by atoms with Crippen LogP contribution in [0.3, 0.4) is 0 Å². The number of benzene rings is 6.